The maximum atomic E-state index is 11.6. The molecule has 1 aliphatic heterocycles. The van der Waals surface area contributed by atoms with Crippen LogP contribution in [0.15, 0.2) is 0 Å². The first-order valence-corrected chi connectivity index (χ1v) is 4.53. The van der Waals surface area contributed by atoms with Crippen molar-refractivity contribution in [3.63, 3.8) is 0 Å². The van der Waals surface area contributed by atoms with Gasteiger partial charge in [-0.1, -0.05) is 0 Å². The lowest BCUT2D eigenvalue weighted by molar-refractivity contribution is -0.134. The van der Waals surface area contributed by atoms with Crippen molar-refractivity contribution < 1.29 is 9.59 Å². The molecule has 1 heterocycles. The number of hydrogen-bond acceptors (Lipinski definition) is 3. The van der Waals surface area contributed by atoms with Gasteiger partial charge in [0.05, 0.1) is 18.4 Å². The molecule has 1 atom stereocenters. The Morgan fingerprint density at radius 2 is 2.50 bits per heavy atom. The number of amides is 2. The van der Waals surface area contributed by atoms with Gasteiger partial charge >= 0.3 is 0 Å². The highest BCUT2D eigenvalue weighted by Crippen LogP contribution is 2.11. The summed E-state index contributed by atoms with van der Waals surface area (Å²) in [6.07, 6.45) is 0.603. The van der Waals surface area contributed by atoms with Gasteiger partial charge in [0.2, 0.25) is 11.8 Å². The van der Waals surface area contributed by atoms with Crippen LogP contribution < -0.4 is 5.32 Å². The molecule has 1 fully saturated rings. The quantitative estimate of drug-likeness (QED) is 0.659. The van der Waals surface area contributed by atoms with Crippen molar-refractivity contribution in [2.45, 2.75) is 12.8 Å². The van der Waals surface area contributed by atoms with E-state index in [0.717, 1.165) is 0 Å². The lowest BCUT2D eigenvalue weighted by atomic mass is 10.1. The number of rotatable bonds is 3. The van der Waals surface area contributed by atoms with E-state index in [2.05, 4.69) is 5.32 Å². The van der Waals surface area contributed by atoms with E-state index in [0.29, 0.717) is 19.5 Å². The predicted octanol–water partition coefficient (Wildman–Crippen LogP) is -0.505. The number of carbonyl (C=O) groups excluding carboxylic acids is 2. The van der Waals surface area contributed by atoms with E-state index in [9.17, 15) is 9.59 Å². The monoisotopic (exact) mass is 195 g/mol. The lowest BCUT2D eigenvalue weighted by Crippen LogP contribution is -2.34. The molecule has 1 N–H and O–H groups in total. The summed E-state index contributed by atoms with van der Waals surface area (Å²) in [5.41, 5.74) is 0. The molecule has 0 spiro atoms. The average molecular weight is 195 g/mol. The molecule has 0 bridgehead atoms. The Bertz CT molecular complexity index is 282. The number of carbonyl (C=O) groups is 2. The molecule has 14 heavy (non-hydrogen) atoms. The zero-order chi connectivity index (χ0) is 10.6. The highest BCUT2D eigenvalue weighted by molar-refractivity contribution is 5.89. The zero-order valence-corrected chi connectivity index (χ0v) is 8.12. The van der Waals surface area contributed by atoms with Crippen LogP contribution in [0.3, 0.4) is 0 Å². The molecule has 0 aromatic heterocycles. The summed E-state index contributed by atoms with van der Waals surface area (Å²) in [5.74, 6) is -0.373. The van der Waals surface area contributed by atoms with Crippen molar-refractivity contribution in [3.05, 3.63) is 0 Å². The summed E-state index contributed by atoms with van der Waals surface area (Å²) >= 11 is 0. The molecule has 1 aliphatic rings. The first-order valence-electron chi connectivity index (χ1n) is 4.53. The Hall–Kier alpha value is -1.57. The summed E-state index contributed by atoms with van der Waals surface area (Å²) in [6.45, 7) is 0.856. The Morgan fingerprint density at radius 3 is 3.00 bits per heavy atom. The fourth-order valence-corrected chi connectivity index (χ4v) is 1.42. The highest BCUT2D eigenvalue weighted by Gasteiger charge is 2.29. The molecule has 1 unspecified atom stereocenters. The van der Waals surface area contributed by atoms with Gasteiger partial charge < -0.3 is 10.2 Å². The molecule has 0 saturated carbocycles. The zero-order valence-electron chi connectivity index (χ0n) is 8.12. The topological polar surface area (TPSA) is 73.2 Å². The standard InChI is InChI=1S/C9H13N3O2/c1-12(4-2-3-10)9(14)7-5-8(13)11-6-7/h7H,2,4-6H2,1H3,(H,11,13). The van der Waals surface area contributed by atoms with E-state index in [1.54, 1.807) is 7.05 Å². The smallest absolute Gasteiger partial charge is 0.227 e. The third-order valence-corrected chi connectivity index (χ3v) is 2.26. The molecular formula is C9H13N3O2. The van der Waals surface area contributed by atoms with Gasteiger partial charge in [-0.05, 0) is 0 Å². The van der Waals surface area contributed by atoms with Crippen LogP contribution >= 0.6 is 0 Å². The minimum Gasteiger partial charge on any atom is -0.355 e. The van der Waals surface area contributed by atoms with Gasteiger partial charge in [0.15, 0.2) is 0 Å². The van der Waals surface area contributed by atoms with Crippen molar-refractivity contribution in [1.82, 2.24) is 10.2 Å². The number of nitrogens with zero attached hydrogens (tertiary/aromatic N) is 2. The van der Waals surface area contributed by atoms with E-state index in [1.807, 2.05) is 6.07 Å². The van der Waals surface area contributed by atoms with Crippen molar-refractivity contribution in [3.8, 4) is 6.07 Å². The third-order valence-electron chi connectivity index (χ3n) is 2.26. The molecule has 76 valence electrons. The SMILES string of the molecule is CN(CCC#N)C(=O)C1CNC(=O)C1. The average Bonchev–Trinajstić information content (AvgIpc) is 2.60. The summed E-state index contributed by atoms with van der Waals surface area (Å²) in [5, 5.41) is 11.0. The van der Waals surface area contributed by atoms with Gasteiger partial charge in [0.25, 0.3) is 0 Å². The largest absolute Gasteiger partial charge is 0.355 e. The molecule has 0 aromatic carbocycles. The van der Waals surface area contributed by atoms with E-state index in [1.165, 1.54) is 4.90 Å². The van der Waals surface area contributed by atoms with Crippen molar-refractivity contribution in [1.29, 1.82) is 5.26 Å². The Balaban J connectivity index is 2.41. The highest BCUT2D eigenvalue weighted by atomic mass is 16.2. The maximum absolute atomic E-state index is 11.6. The molecule has 0 radical (unpaired) electrons. The molecule has 1 rings (SSSR count). The van der Waals surface area contributed by atoms with Gasteiger partial charge in [0, 0.05) is 26.6 Å². The van der Waals surface area contributed by atoms with Crippen LogP contribution in [0.1, 0.15) is 12.8 Å². The Morgan fingerprint density at radius 1 is 1.79 bits per heavy atom. The van der Waals surface area contributed by atoms with Crippen molar-refractivity contribution in [2.24, 2.45) is 5.92 Å². The van der Waals surface area contributed by atoms with E-state index in [4.69, 9.17) is 5.26 Å². The Kier molecular flexibility index (Phi) is 3.46. The molecule has 1 saturated heterocycles. The Labute approximate surface area is 82.7 Å². The van der Waals surface area contributed by atoms with Crippen LogP contribution in [-0.2, 0) is 9.59 Å². The van der Waals surface area contributed by atoms with E-state index >= 15 is 0 Å². The fraction of sp³-hybridized carbons (Fsp3) is 0.667. The van der Waals surface area contributed by atoms with Crippen LogP contribution in [0.5, 0.6) is 0 Å². The van der Waals surface area contributed by atoms with Crippen LogP contribution in [0.4, 0.5) is 0 Å². The van der Waals surface area contributed by atoms with Crippen LogP contribution in [0, 0.1) is 17.2 Å². The van der Waals surface area contributed by atoms with Crippen molar-refractivity contribution >= 4 is 11.8 Å². The predicted molar refractivity (Wildman–Crippen MR) is 49.0 cm³/mol. The number of nitriles is 1. The molecule has 2 amide bonds. The van der Waals surface area contributed by atoms with E-state index in [-0.39, 0.29) is 24.2 Å². The third kappa shape index (κ3) is 2.46. The lowest BCUT2D eigenvalue weighted by Gasteiger charge is -2.18. The first-order chi connectivity index (χ1) is 6.65. The molecule has 0 aromatic rings. The van der Waals surface area contributed by atoms with Crippen LogP contribution in [0.2, 0.25) is 0 Å². The van der Waals surface area contributed by atoms with Gasteiger partial charge in [-0.25, -0.2) is 0 Å². The molecule has 5 nitrogen and oxygen atoms in total. The van der Waals surface area contributed by atoms with Gasteiger partial charge in [-0.2, -0.15) is 5.26 Å². The van der Waals surface area contributed by atoms with E-state index < -0.39 is 0 Å². The normalized spacial score (nSPS) is 20.0. The number of nitrogens with one attached hydrogen (secondary N) is 1. The number of hydrogen-bond donors (Lipinski definition) is 1. The van der Waals surface area contributed by atoms with Gasteiger partial charge in [-0.15, -0.1) is 0 Å². The second-order valence-corrected chi connectivity index (χ2v) is 3.37. The van der Waals surface area contributed by atoms with Gasteiger partial charge in [-0.3, -0.25) is 9.59 Å². The summed E-state index contributed by atoms with van der Waals surface area (Å²) in [7, 11) is 1.66. The summed E-state index contributed by atoms with van der Waals surface area (Å²) in [4.78, 5) is 24.0. The molecule has 5 heteroatoms. The molecule has 0 aliphatic carbocycles. The second kappa shape index (κ2) is 4.61. The fourth-order valence-electron chi connectivity index (χ4n) is 1.42. The molecular weight excluding hydrogens is 182 g/mol. The van der Waals surface area contributed by atoms with Crippen LogP contribution in [0.25, 0.3) is 0 Å². The van der Waals surface area contributed by atoms with Gasteiger partial charge in [0.1, 0.15) is 0 Å². The summed E-state index contributed by atoms with van der Waals surface area (Å²) < 4.78 is 0. The minimum atomic E-state index is -0.244. The first kappa shape index (κ1) is 10.5. The van der Waals surface area contributed by atoms with Crippen molar-refractivity contribution in [2.75, 3.05) is 20.1 Å². The van der Waals surface area contributed by atoms with Crippen LogP contribution in [-0.4, -0.2) is 36.9 Å². The minimum absolute atomic E-state index is 0.0569. The summed E-state index contributed by atoms with van der Waals surface area (Å²) in [6, 6.07) is 1.98. The second-order valence-electron chi connectivity index (χ2n) is 3.37. The maximum Gasteiger partial charge on any atom is 0.227 e.